The molecule has 1 aromatic heterocycles. The molecule has 1 aromatic carbocycles. The Balaban J connectivity index is 0.00000261. The van der Waals surface area contributed by atoms with Crippen molar-refractivity contribution in [3.05, 3.63) is 53.7 Å². The number of guanidine groups is 1. The standard InChI is InChI=1S/C19H24ClN5O.HI/c1-21-19(23-10-15-26-17-7-5-16(20)6-8-17)25-13-11-24(12-14-25)18-4-2-3-9-22-18;/h2-9H,10-15H2,1H3,(H,21,23);1H. The lowest BCUT2D eigenvalue weighted by Crippen LogP contribution is -2.53. The Morgan fingerprint density at radius 3 is 2.52 bits per heavy atom. The Morgan fingerprint density at radius 2 is 1.89 bits per heavy atom. The first-order valence-electron chi connectivity index (χ1n) is 8.76. The Hall–Kier alpha value is -1.74. The number of piperazine rings is 1. The molecule has 8 heteroatoms. The number of aliphatic imine (C=N–C) groups is 1. The van der Waals surface area contributed by atoms with E-state index in [2.05, 4.69) is 31.2 Å². The number of ether oxygens (including phenoxy) is 1. The quantitative estimate of drug-likeness (QED) is 0.295. The lowest BCUT2D eigenvalue weighted by molar-refractivity contribution is 0.315. The Kier molecular flexibility index (Phi) is 8.93. The zero-order chi connectivity index (χ0) is 18.2. The second kappa shape index (κ2) is 11.2. The molecule has 1 fully saturated rings. The van der Waals surface area contributed by atoms with E-state index in [-0.39, 0.29) is 24.0 Å². The van der Waals surface area contributed by atoms with Crippen molar-refractivity contribution in [2.75, 3.05) is 51.3 Å². The number of hydrogen-bond acceptors (Lipinski definition) is 4. The van der Waals surface area contributed by atoms with Crippen LogP contribution in [0.4, 0.5) is 5.82 Å². The van der Waals surface area contributed by atoms with E-state index < -0.39 is 0 Å². The van der Waals surface area contributed by atoms with E-state index in [4.69, 9.17) is 16.3 Å². The van der Waals surface area contributed by atoms with E-state index in [1.54, 1.807) is 0 Å². The Bertz CT molecular complexity index is 706. The van der Waals surface area contributed by atoms with E-state index in [1.165, 1.54) is 0 Å². The molecule has 0 bridgehead atoms. The summed E-state index contributed by atoms with van der Waals surface area (Å²) in [6.07, 6.45) is 1.84. The fraction of sp³-hybridized carbons (Fsp3) is 0.368. The summed E-state index contributed by atoms with van der Waals surface area (Å²) >= 11 is 5.87. The molecule has 0 atom stereocenters. The van der Waals surface area contributed by atoms with Crippen molar-refractivity contribution in [1.82, 2.24) is 15.2 Å². The van der Waals surface area contributed by atoms with Crippen LogP contribution in [0.2, 0.25) is 5.02 Å². The third-order valence-electron chi connectivity index (χ3n) is 4.23. The average Bonchev–Trinajstić information content (AvgIpc) is 2.70. The summed E-state index contributed by atoms with van der Waals surface area (Å²) in [6, 6.07) is 13.4. The van der Waals surface area contributed by atoms with Crippen molar-refractivity contribution in [2.45, 2.75) is 0 Å². The molecule has 1 aliphatic heterocycles. The highest BCUT2D eigenvalue weighted by Crippen LogP contribution is 2.15. The Morgan fingerprint density at radius 1 is 1.15 bits per heavy atom. The molecule has 0 amide bonds. The maximum Gasteiger partial charge on any atom is 0.193 e. The van der Waals surface area contributed by atoms with Gasteiger partial charge in [-0.05, 0) is 36.4 Å². The second-order valence-corrected chi connectivity index (χ2v) is 6.37. The highest BCUT2D eigenvalue weighted by Gasteiger charge is 2.20. The van der Waals surface area contributed by atoms with Gasteiger partial charge >= 0.3 is 0 Å². The number of anilines is 1. The highest BCUT2D eigenvalue weighted by molar-refractivity contribution is 14.0. The predicted octanol–water partition coefficient (Wildman–Crippen LogP) is 3.13. The summed E-state index contributed by atoms with van der Waals surface area (Å²) in [5.74, 6) is 2.76. The number of rotatable bonds is 5. The van der Waals surface area contributed by atoms with Gasteiger partial charge < -0.3 is 19.9 Å². The van der Waals surface area contributed by atoms with Gasteiger partial charge in [-0.25, -0.2) is 4.98 Å². The van der Waals surface area contributed by atoms with Crippen LogP contribution in [0, 0.1) is 0 Å². The van der Waals surface area contributed by atoms with Crippen LogP contribution < -0.4 is 15.0 Å². The van der Waals surface area contributed by atoms with Gasteiger partial charge in [0.2, 0.25) is 0 Å². The number of nitrogens with zero attached hydrogens (tertiary/aromatic N) is 4. The second-order valence-electron chi connectivity index (χ2n) is 5.94. The van der Waals surface area contributed by atoms with Gasteiger partial charge in [-0.1, -0.05) is 17.7 Å². The number of nitrogens with one attached hydrogen (secondary N) is 1. The molecular formula is C19H25ClIN5O. The number of halogens is 2. The minimum Gasteiger partial charge on any atom is -0.492 e. The van der Waals surface area contributed by atoms with Crippen molar-refractivity contribution in [1.29, 1.82) is 0 Å². The molecule has 2 aromatic rings. The van der Waals surface area contributed by atoms with Crippen molar-refractivity contribution < 1.29 is 4.74 Å². The summed E-state index contributed by atoms with van der Waals surface area (Å²) in [6.45, 7) is 4.94. The van der Waals surface area contributed by atoms with Gasteiger partial charge in [0.15, 0.2) is 5.96 Å². The molecular weight excluding hydrogens is 477 g/mol. The molecule has 0 aliphatic carbocycles. The van der Waals surface area contributed by atoms with Gasteiger partial charge in [0.05, 0.1) is 6.54 Å². The number of aromatic nitrogens is 1. The van der Waals surface area contributed by atoms with E-state index in [1.807, 2.05) is 49.6 Å². The van der Waals surface area contributed by atoms with E-state index in [9.17, 15) is 0 Å². The monoisotopic (exact) mass is 501 g/mol. The van der Waals surface area contributed by atoms with E-state index in [0.29, 0.717) is 18.2 Å². The number of benzene rings is 1. The van der Waals surface area contributed by atoms with Gasteiger partial charge in [-0.3, -0.25) is 4.99 Å². The van der Waals surface area contributed by atoms with Crippen LogP contribution in [-0.2, 0) is 0 Å². The maximum absolute atomic E-state index is 5.87. The molecule has 0 saturated carbocycles. The number of pyridine rings is 1. The summed E-state index contributed by atoms with van der Waals surface area (Å²) in [4.78, 5) is 13.4. The molecule has 27 heavy (non-hydrogen) atoms. The Labute approximate surface area is 182 Å². The van der Waals surface area contributed by atoms with Crippen molar-refractivity contribution in [3.8, 4) is 5.75 Å². The zero-order valence-corrected chi connectivity index (χ0v) is 18.4. The van der Waals surface area contributed by atoms with Gasteiger partial charge in [-0.15, -0.1) is 24.0 Å². The van der Waals surface area contributed by atoms with Crippen molar-refractivity contribution >= 4 is 47.4 Å². The zero-order valence-electron chi connectivity index (χ0n) is 15.3. The first-order chi connectivity index (χ1) is 12.8. The van der Waals surface area contributed by atoms with Crippen LogP contribution in [0.1, 0.15) is 0 Å². The van der Waals surface area contributed by atoms with Crippen LogP contribution in [0.3, 0.4) is 0 Å². The smallest absolute Gasteiger partial charge is 0.193 e. The molecule has 146 valence electrons. The molecule has 3 rings (SSSR count). The predicted molar refractivity (Wildman–Crippen MR) is 122 cm³/mol. The summed E-state index contributed by atoms with van der Waals surface area (Å²) in [5.41, 5.74) is 0. The molecule has 1 N–H and O–H groups in total. The highest BCUT2D eigenvalue weighted by atomic mass is 127. The van der Waals surface area contributed by atoms with Crippen LogP contribution in [0.15, 0.2) is 53.7 Å². The lowest BCUT2D eigenvalue weighted by atomic mass is 10.3. The minimum absolute atomic E-state index is 0. The molecule has 0 spiro atoms. The van der Waals surface area contributed by atoms with Crippen LogP contribution in [0.5, 0.6) is 5.75 Å². The minimum atomic E-state index is 0. The molecule has 0 unspecified atom stereocenters. The summed E-state index contributed by atoms with van der Waals surface area (Å²) in [7, 11) is 1.81. The largest absolute Gasteiger partial charge is 0.492 e. The molecule has 2 heterocycles. The third-order valence-corrected chi connectivity index (χ3v) is 4.48. The van der Waals surface area contributed by atoms with Gasteiger partial charge in [-0.2, -0.15) is 0 Å². The molecule has 6 nitrogen and oxygen atoms in total. The van der Waals surface area contributed by atoms with Crippen molar-refractivity contribution in [2.24, 2.45) is 4.99 Å². The SMILES string of the molecule is CN=C(NCCOc1ccc(Cl)cc1)N1CCN(c2ccccn2)CC1.I. The van der Waals surface area contributed by atoms with Crippen LogP contribution in [-0.4, -0.2) is 62.2 Å². The fourth-order valence-corrected chi connectivity index (χ4v) is 3.01. The summed E-state index contributed by atoms with van der Waals surface area (Å²) in [5, 5.41) is 4.08. The summed E-state index contributed by atoms with van der Waals surface area (Å²) < 4.78 is 5.71. The average molecular weight is 502 g/mol. The molecule has 1 aliphatic rings. The van der Waals surface area contributed by atoms with E-state index >= 15 is 0 Å². The van der Waals surface area contributed by atoms with Crippen LogP contribution >= 0.6 is 35.6 Å². The fourth-order valence-electron chi connectivity index (χ4n) is 2.88. The van der Waals surface area contributed by atoms with Crippen LogP contribution in [0.25, 0.3) is 0 Å². The normalized spacial score (nSPS) is 14.5. The van der Waals surface area contributed by atoms with Gasteiger partial charge in [0.25, 0.3) is 0 Å². The maximum atomic E-state index is 5.87. The molecule has 0 radical (unpaired) electrons. The topological polar surface area (TPSA) is 53.0 Å². The first-order valence-corrected chi connectivity index (χ1v) is 9.14. The van der Waals surface area contributed by atoms with E-state index in [0.717, 1.165) is 43.7 Å². The first kappa shape index (κ1) is 21.6. The van der Waals surface area contributed by atoms with Gasteiger partial charge in [0, 0.05) is 44.4 Å². The molecule has 1 saturated heterocycles. The number of hydrogen-bond donors (Lipinski definition) is 1. The van der Waals surface area contributed by atoms with Gasteiger partial charge in [0.1, 0.15) is 18.2 Å². The lowest BCUT2D eigenvalue weighted by Gasteiger charge is -2.37. The third kappa shape index (κ3) is 6.42. The van der Waals surface area contributed by atoms with Crippen molar-refractivity contribution in [3.63, 3.8) is 0 Å².